The van der Waals surface area contributed by atoms with Crippen LogP contribution in [0.1, 0.15) is 28.8 Å². The molecule has 3 rings (SSSR count). The second-order valence-corrected chi connectivity index (χ2v) is 7.93. The quantitative estimate of drug-likeness (QED) is 0.894. The van der Waals surface area contributed by atoms with E-state index in [1.165, 1.54) is 0 Å². The third kappa shape index (κ3) is 4.92. The molecule has 0 aromatic heterocycles. The zero-order valence-corrected chi connectivity index (χ0v) is 15.3. The van der Waals surface area contributed by atoms with Crippen molar-refractivity contribution in [2.75, 3.05) is 24.7 Å². The topological polar surface area (TPSA) is 49.4 Å². The summed E-state index contributed by atoms with van der Waals surface area (Å²) in [6.07, 6.45) is 3.57. The van der Waals surface area contributed by atoms with Crippen LogP contribution in [0.5, 0.6) is 0 Å². The zero-order chi connectivity index (χ0) is 17.6. The number of nitrogens with zero attached hydrogens (tertiary/aromatic N) is 1. The van der Waals surface area contributed by atoms with Crippen molar-refractivity contribution in [3.8, 4) is 0 Å². The normalized spacial score (nSPS) is 16.4. The molecule has 1 atom stereocenters. The summed E-state index contributed by atoms with van der Waals surface area (Å²) >= 11 is 0. The summed E-state index contributed by atoms with van der Waals surface area (Å²) in [4.78, 5) is 14.7. The molecule has 0 bridgehead atoms. The van der Waals surface area contributed by atoms with Crippen molar-refractivity contribution in [1.29, 1.82) is 0 Å². The van der Waals surface area contributed by atoms with E-state index < -0.39 is 10.8 Å². The summed E-state index contributed by atoms with van der Waals surface area (Å²) in [5, 5.41) is 3.54. The van der Waals surface area contributed by atoms with E-state index in [0.29, 0.717) is 17.4 Å². The van der Waals surface area contributed by atoms with Gasteiger partial charge in [0.1, 0.15) is 0 Å². The first-order valence-corrected chi connectivity index (χ1v) is 10.3. The summed E-state index contributed by atoms with van der Waals surface area (Å²) < 4.78 is 11.4. The summed E-state index contributed by atoms with van der Waals surface area (Å²) in [7, 11) is -0.900. The molecule has 0 aliphatic carbocycles. The number of likely N-dealkylation sites (tertiary alicyclic amines) is 1. The highest BCUT2D eigenvalue weighted by Crippen LogP contribution is 2.19. The number of rotatable bonds is 5. The van der Waals surface area contributed by atoms with Crippen molar-refractivity contribution in [3.05, 3.63) is 65.7 Å². The first-order valence-electron chi connectivity index (χ1n) is 8.61. The maximum Gasteiger partial charge on any atom is 0.253 e. The number of benzene rings is 2. The van der Waals surface area contributed by atoms with Gasteiger partial charge in [0.05, 0.1) is 0 Å². The molecule has 2 aromatic carbocycles. The Labute approximate surface area is 151 Å². The van der Waals surface area contributed by atoms with E-state index in [1.54, 1.807) is 6.26 Å². The Balaban J connectivity index is 1.57. The van der Waals surface area contributed by atoms with Crippen LogP contribution in [0.2, 0.25) is 0 Å². The van der Waals surface area contributed by atoms with Crippen molar-refractivity contribution in [1.82, 2.24) is 4.90 Å². The van der Waals surface area contributed by atoms with Gasteiger partial charge in [-0.3, -0.25) is 9.00 Å². The number of nitrogens with one attached hydrogen (secondary N) is 1. The number of hydrogen-bond donors (Lipinski definition) is 1. The van der Waals surface area contributed by atoms with E-state index in [9.17, 15) is 9.00 Å². The van der Waals surface area contributed by atoms with Gasteiger partial charge in [-0.05, 0) is 42.7 Å². The fourth-order valence-corrected chi connectivity index (χ4v) is 3.86. The van der Waals surface area contributed by atoms with Gasteiger partial charge >= 0.3 is 0 Å². The van der Waals surface area contributed by atoms with E-state index in [0.717, 1.165) is 37.2 Å². The zero-order valence-electron chi connectivity index (χ0n) is 14.5. The third-order valence-electron chi connectivity index (χ3n) is 4.47. The molecule has 1 fully saturated rings. The number of para-hydroxylation sites is 1. The van der Waals surface area contributed by atoms with Gasteiger partial charge in [0.2, 0.25) is 0 Å². The van der Waals surface area contributed by atoms with E-state index >= 15 is 0 Å². The number of anilines is 1. The van der Waals surface area contributed by atoms with Crippen LogP contribution in [0, 0.1) is 0 Å². The lowest BCUT2D eigenvalue weighted by molar-refractivity contribution is 0.0718. The Morgan fingerprint density at radius 3 is 2.52 bits per heavy atom. The molecule has 1 saturated heterocycles. The molecule has 1 aliphatic heterocycles. The Morgan fingerprint density at radius 1 is 1.12 bits per heavy atom. The highest BCUT2D eigenvalue weighted by atomic mass is 32.2. The van der Waals surface area contributed by atoms with E-state index in [1.807, 2.05) is 47.4 Å². The average Bonchev–Trinajstić information content (AvgIpc) is 2.62. The lowest BCUT2D eigenvalue weighted by atomic mass is 10.0. The number of carbonyl (C=O) groups is 1. The molecule has 1 unspecified atom stereocenters. The monoisotopic (exact) mass is 356 g/mol. The predicted octanol–water partition coefficient (Wildman–Crippen LogP) is 3.28. The summed E-state index contributed by atoms with van der Waals surface area (Å²) in [6.45, 7) is 1.51. The van der Waals surface area contributed by atoms with Crippen LogP contribution < -0.4 is 5.32 Å². The molecule has 1 N–H and O–H groups in total. The minimum atomic E-state index is -0.900. The Bertz CT molecular complexity index is 740. The van der Waals surface area contributed by atoms with Crippen LogP contribution in [0.3, 0.4) is 0 Å². The van der Waals surface area contributed by atoms with Gasteiger partial charge in [0.25, 0.3) is 5.91 Å². The predicted molar refractivity (Wildman–Crippen MR) is 103 cm³/mol. The van der Waals surface area contributed by atoms with Crippen LogP contribution >= 0.6 is 0 Å². The van der Waals surface area contributed by atoms with Crippen molar-refractivity contribution in [3.63, 3.8) is 0 Å². The van der Waals surface area contributed by atoms with Crippen LogP contribution in [-0.2, 0) is 16.6 Å². The first-order chi connectivity index (χ1) is 12.1. The smallest absolute Gasteiger partial charge is 0.253 e. The minimum absolute atomic E-state index is 0.0712. The van der Waals surface area contributed by atoms with Crippen molar-refractivity contribution < 1.29 is 9.00 Å². The number of carbonyl (C=O) groups excluding carboxylic acids is 1. The Kier molecular flexibility index (Phi) is 5.87. The summed E-state index contributed by atoms with van der Waals surface area (Å²) in [5.41, 5.74) is 2.78. The summed E-state index contributed by atoms with van der Waals surface area (Å²) in [5.74, 6) is 0.561. The second kappa shape index (κ2) is 8.30. The molecule has 0 radical (unpaired) electrons. The van der Waals surface area contributed by atoms with Crippen LogP contribution in [-0.4, -0.2) is 40.4 Å². The SMILES string of the molecule is CS(=O)Cc1cccc(C(=O)N2CCC(Nc3ccccc3)CC2)c1. The van der Waals surface area contributed by atoms with Gasteiger partial charge in [0.15, 0.2) is 0 Å². The van der Waals surface area contributed by atoms with Gasteiger partial charge in [-0.25, -0.2) is 0 Å². The second-order valence-electron chi connectivity index (χ2n) is 6.49. The molecular weight excluding hydrogens is 332 g/mol. The molecule has 1 aliphatic rings. The van der Waals surface area contributed by atoms with Gasteiger partial charge in [0, 0.05) is 53.2 Å². The van der Waals surface area contributed by atoms with Crippen molar-refractivity contribution in [2.45, 2.75) is 24.6 Å². The van der Waals surface area contributed by atoms with Crippen molar-refractivity contribution in [2.24, 2.45) is 0 Å². The highest BCUT2D eigenvalue weighted by molar-refractivity contribution is 7.83. The molecule has 2 aromatic rings. The molecule has 0 spiro atoms. The average molecular weight is 356 g/mol. The number of amides is 1. The van der Waals surface area contributed by atoms with Crippen molar-refractivity contribution >= 4 is 22.4 Å². The lowest BCUT2D eigenvalue weighted by Gasteiger charge is -2.33. The maximum atomic E-state index is 12.7. The van der Waals surface area contributed by atoms with Crippen LogP contribution in [0.25, 0.3) is 0 Å². The largest absolute Gasteiger partial charge is 0.382 e. The number of hydrogen-bond acceptors (Lipinski definition) is 3. The third-order valence-corrected chi connectivity index (χ3v) is 5.21. The molecule has 1 heterocycles. The van der Waals surface area contributed by atoms with Gasteiger partial charge in [-0.15, -0.1) is 0 Å². The Hall–Kier alpha value is -2.14. The Morgan fingerprint density at radius 2 is 1.84 bits per heavy atom. The van der Waals surface area contributed by atoms with E-state index in [4.69, 9.17) is 0 Å². The van der Waals surface area contributed by atoms with Crippen LogP contribution in [0.4, 0.5) is 5.69 Å². The minimum Gasteiger partial charge on any atom is -0.382 e. The van der Waals surface area contributed by atoms with E-state index in [2.05, 4.69) is 17.4 Å². The highest BCUT2D eigenvalue weighted by Gasteiger charge is 2.23. The lowest BCUT2D eigenvalue weighted by Crippen LogP contribution is -2.42. The number of piperidine rings is 1. The summed E-state index contributed by atoms with van der Waals surface area (Å²) in [6, 6.07) is 18.1. The molecule has 5 heteroatoms. The van der Waals surface area contributed by atoms with Crippen LogP contribution in [0.15, 0.2) is 54.6 Å². The van der Waals surface area contributed by atoms with Gasteiger partial charge in [-0.2, -0.15) is 0 Å². The maximum absolute atomic E-state index is 12.7. The van der Waals surface area contributed by atoms with E-state index in [-0.39, 0.29) is 5.91 Å². The molecule has 132 valence electrons. The fraction of sp³-hybridized carbons (Fsp3) is 0.350. The standard InChI is InChI=1S/C20H24N2O2S/c1-25(24)15-16-6-5-7-17(14-16)20(23)22-12-10-19(11-13-22)21-18-8-3-2-4-9-18/h2-9,14,19,21H,10-13,15H2,1H3. The van der Waals surface area contributed by atoms with Gasteiger partial charge < -0.3 is 10.2 Å². The molecule has 1 amide bonds. The molecule has 4 nitrogen and oxygen atoms in total. The molecule has 25 heavy (non-hydrogen) atoms. The fourth-order valence-electron chi connectivity index (χ4n) is 3.21. The molecule has 0 saturated carbocycles. The molecular formula is C20H24N2O2S. The first kappa shape index (κ1) is 17.7. The van der Waals surface area contributed by atoms with Gasteiger partial charge in [-0.1, -0.05) is 30.3 Å².